The number of nitrogens with zero attached hydrogens (tertiary/aromatic N) is 4. The van der Waals surface area contributed by atoms with Crippen LogP contribution in [-0.4, -0.2) is 21.5 Å². The number of benzene rings is 1. The summed E-state index contributed by atoms with van der Waals surface area (Å²) in [5.74, 6) is -0.938. The van der Waals surface area contributed by atoms with Crippen LogP contribution >= 0.6 is 0 Å². The van der Waals surface area contributed by atoms with Gasteiger partial charge in [-0.2, -0.15) is 10.5 Å². The van der Waals surface area contributed by atoms with Crippen molar-refractivity contribution in [2.75, 3.05) is 0 Å². The fraction of sp³-hybridized carbons (Fsp3) is 0. The quantitative estimate of drug-likeness (QED) is 0.596. The van der Waals surface area contributed by atoms with E-state index in [4.69, 9.17) is 10.5 Å². The average Bonchev–Trinajstić information content (AvgIpc) is 2.51. The van der Waals surface area contributed by atoms with E-state index in [2.05, 4.69) is 9.97 Å². The molecule has 0 saturated heterocycles. The van der Waals surface area contributed by atoms with Crippen molar-refractivity contribution in [3.05, 3.63) is 58.2 Å². The fourth-order valence-electron chi connectivity index (χ4n) is 2.04. The highest BCUT2D eigenvalue weighted by molar-refractivity contribution is 6.26. The molecular formula is C14H4N4O2. The minimum absolute atomic E-state index is 0.177. The van der Waals surface area contributed by atoms with E-state index in [0.29, 0.717) is 0 Å². The summed E-state index contributed by atoms with van der Waals surface area (Å²) < 4.78 is 0. The Kier molecular flexibility index (Phi) is 2.38. The first-order valence-electron chi connectivity index (χ1n) is 5.58. The van der Waals surface area contributed by atoms with Gasteiger partial charge in [-0.25, -0.2) is 9.97 Å². The Bertz CT molecular complexity index is 800. The molecule has 0 spiro atoms. The number of hydrogen-bond acceptors (Lipinski definition) is 6. The van der Waals surface area contributed by atoms with Gasteiger partial charge in [0.2, 0.25) is 11.6 Å². The summed E-state index contributed by atoms with van der Waals surface area (Å²) in [5, 5.41) is 17.8. The van der Waals surface area contributed by atoms with Crippen molar-refractivity contribution in [1.82, 2.24) is 9.97 Å². The van der Waals surface area contributed by atoms with Crippen LogP contribution in [0.15, 0.2) is 24.3 Å². The monoisotopic (exact) mass is 260 g/mol. The van der Waals surface area contributed by atoms with Crippen LogP contribution in [0.3, 0.4) is 0 Å². The molecule has 0 N–H and O–H groups in total. The van der Waals surface area contributed by atoms with Crippen LogP contribution in [0.5, 0.6) is 0 Å². The SMILES string of the molecule is N#Cc1nc2c(nc1C#N)C(=O)c1ccccc1C2=O. The van der Waals surface area contributed by atoms with Crippen molar-refractivity contribution in [3.8, 4) is 12.1 Å². The summed E-state index contributed by atoms with van der Waals surface area (Å²) >= 11 is 0. The summed E-state index contributed by atoms with van der Waals surface area (Å²) in [6, 6.07) is 9.70. The van der Waals surface area contributed by atoms with Gasteiger partial charge >= 0.3 is 0 Å². The molecule has 0 amide bonds. The van der Waals surface area contributed by atoms with E-state index in [-0.39, 0.29) is 33.9 Å². The number of aromatic nitrogens is 2. The van der Waals surface area contributed by atoms with Crippen LogP contribution in [0.4, 0.5) is 0 Å². The van der Waals surface area contributed by atoms with Crippen LogP contribution in [0.2, 0.25) is 0 Å². The van der Waals surface area contributed by atoms with Gasteiger partial charge in [-0.1, -0.05) is 24.3 Å². The maximum Gasteiger partial charge on any atom is 0.214 e. The molecule has 1 aliphatic carbocycles. The molecule has 0 unspecified atom stereocenters. The van der Waals surface area contributed by atoms with Crippen LogP contribution in [0.1, 0.15) is 43.5 Å². The zero-order valence-electron chi connectivity index (χ0n) is 9.91. The van der Waals surface area contributed by atoms with Gasteiger partial charge in [-0.05, 0) is 0 Å². The van der Waals surface area contributed by atoms with Gasteiger partial charge in [0.05, 0.1) is 0 Å². The van der Waals surface area contributed by atoms with E-state index in [9.17, 15) is 9.59 Å². The van der Waals surface area contributed by atoms with E-state index < -0.39 is 11.6 Å². The molecule has 2 aromatic rings. The Morgan fingerprint density at radius 1 is 0.800 bits per heavy atom. The fourth-order valence-corrected chi connectivity index (χ4v) is 2.04. The maximum atomic E-state index is 12.3. The van der Waals surface area contributed by atoms with Crippen LogP contribution in [-0.2, 0) is 0 Å². The molecule has 6 heteroatoms. The second kappa shape index (κ2) is 4.08. The molecule has 0 radical (unpaired) electrons. The van der Waals surface area contributed by atoms with Gasteiger partial charge in [0.1, 0.15) is 23.5 Å². The summed E-state index contributed by atoms with van der Waals surface area (Å²) in [6.45, 7) is 0. The third-order valence-electron chi connectivity index (χ3n) is 2.95. The molecule has 0 fully saturated rings. The molecule has 1 aromatic heterocycles. The number of fused-ring (bicyclic) bond motifs is 2. The smallest absolute Gasteiger partial charge is 0.214 e. The minimum Gasteiger partial charge on any atom is -0.287 e. The standard InChI is InChI=1S/C14H4N4O2/c15-5-9-10(6-16)18-12-11(17-9)13(19)7-3-1-2-4-8(7)14(12)20/h1-4H. The Morgan fingerprint density at radius 2 is 1.20 bits per heavy atom. The van der Waals surface area contributed by atoms with E-state index in [0.717, 1.165) is 0 Å². The van der Waals surface area contributed by atoms with Crippen molar-refractivity contribution >= 4 is 11.6 Å². The van der Waals surface area contributed by atoms with Crippen molar-refractivity contribution in [2.24, 2.45) is 0 Å². The number of rotatable bonds is 0. The van der Waals surface area contributed by atoms with Crippen LogP contribution < -0.4 is 0 Å². The van der Waals surface area contributed by atoms with Crippen molar-refractivity contribution in [2.45, 2.75) is 0 Å². The van der Waals surface area contributed by atoms with Gasteiger partial charge in [-0.15, -0.1) is 0 Å². The first kappa shape index (κ1) is 11.7. The number of carbonyl (C=O) groups excluding carboxylic acids is 2. The lowest BCUT2D eigenvalue weighted by atomic mass is 9.89. The van der Waals surface area contributed by atoms with Gasteiger partial charge in [0.25, 0.3) is 0 Å². The number of nitriles is 2. The van der Waals surface area contributed by atoms with Crippen molar-refractivity contribution < 1.29 is 9.59 Å². The first-order valence-corrected chi connectivity index (χ1v) is 5.58. The highest BCUT2D eigenvalue weighted by Gasteiger charge is 2.33. The van der Waals surface area contributed by atoms with E-state index in [1.165, 1.54) is 12.1 Å². The van der Waals surface area contributed by atoms with Gasteiger partial charge in [0.15, 0.2) is 11.4 Å². The number of hydrogen-bond donors (Lipinski definition) is 0. The Morgan fingerprint density at radius 3 is 1.55 bits per heavy atom. The highest BCUT2D eigenvalue weighted by atomic mass is 16.1. The Labute approximate surface area is 112 Å². The summed E-state index contributed by atoms with van der Waals surface area (Å²) in [6.07, 6.45) is 0. The molecule has 92 valence electrons. The van der Waals surface area contributed by atoms with Crippen molar-refractivity contribution in [3.63, 3.8) is 0 Å². The molecule has 1 heterocycles. The molecule has 6 nitrogen and oxygen atoms in total. The zero-order chi connectivity index (χ0) is 14.3. The normalized spacial score (nSPS) is 12.1. The third-order valence-corrected chi connectivity index (χ3v) is 2.95. The minimum atomic E-state index is -0.469. The summed E-state index contributed by atoms with van der Waals surface area (Å²) in [5.41, 5.74) is -0.409. The Hall–Kier alpha value is -3.38. The molecule has 20 heavy (non-hydrogen) atoms. The Balaban J connectivity index is 2.35. The molecule has 0 saturated carbocycles. The van der Waals surface area contributed by atoms with Crippen molar-refractivity contribution in [1.29, 1.82) is 10.5 Å². The summed E-state index contributed by atoms with van der Waals surface area (Å²) in [4.78, 5) is 32.2. The first-order chi connectivity index (χ1) is 9.67. The number of carbonyl (C=O) groups is 2. The zero-order valence-corrected chi connectivity index (χ0v) is 9.91. The molecule has 0 bridgehead atoms. The molecule has 1 aliphatic rings. The van der Waals surface area contributed by atoms with Gasteiger partial charge in [0, 0.05) is 11.1 Å². The molecule has 0 aliphatic heterocycles. The average molecular weight is 260 g/mol. The molecule has 3 rings (SSSR count). The van der Waals surface area contributed by atoms with E-state index in [1.807, 2.05) is 0 Å². The second-order valence-corrected chi connectivity index (χ2v) is 4.05. The number of ketones is 2. The van der Waals surface area contributed by atoms with Gasteiger partial charge < -0.3 is 0 Å². The third kappa shape index (κ3) is 1.43. The van der Waals surface area contributed by atoms with Crippen LogP contribution in [0.25, 0.3) is 0 Å². The lowest BCUT2D eigenvalue weighted by Crippen LogP contribution is -2.25. The molecule has 0 atom stereocenters. The summed E-state index contributed by atoms with van der Waals surface area (Å²) in [7, 11) is 0. The highest BCUT2D eigenvalue weighted by Crippen LogP contribution is 2.25. The maximum absolute atomic E-state index is 12.3. The van der Waals surface area contributed by atoms with Gasteiger partial charge in [-0.3, -0.25) is 9.59 Å². The largest absolute Gasteiger partial charge is 0.287 e. The lowest BCUT2D eigenvalue weighted by Gasteiger charge is -2.15. The second-order valence-electron chi connectivity index (χ2n) is 4.05. The van der Waals surface area contributed by atoms with Crippen LogP contribution in [0, 0.1) is 22.7 Å². The predicted octanol–water partition coefficient (Wildman–Crippen LogP) is 0.995. The molecule has 1 aromatic carbocycles. The lowest BCUT2D eigenvalue weighted by molar-refractivity contribution is 0.0971. The van der Waals surface area contributed by atoms with E-state index >= 15 is 0 Å². The topological polar surface area (TPSA) is 108 Å². The predicted molar refractivity (Wildman–Crippen MR) is 64.8 cm³/mol. The molecular weight excluding hydrogens is 256 g/mol. The van der Waals surface area contributed by atoms with E-state index in [1.54, 1.807) is 24.3 Å².